The quantitative estimate of drug-likeness (QED) is 0.149. The molecule has 1 aromatic carbocycles. The number of nitrogens with one attached hydrogen (secondary N) is 3. The number of rotatable bonds is 12. The number of allylic oxidation sites excluding steroid dienone is 1. The highest BCUT2D eigenvalue weighted by Crippen LogP contribution is 2.36. The fourth-order valence-corrected chi connectivity index (χ4v) is 7.74. The van der Waals surface area contributed by atoms with Crippen LogP contribution in [0, 0.1) is 11.3 Å². The second kappa shape index (κ2) is 15.0. The predicted octanol–water partition coefficient (Wildman–Crippen LogP) is 4.47. The minimum absolute atomic E-state index is 0.254. The first-order valence-electron chi connectivity index (χ1n) is 16.6. The van der Waals surface area contributed by atoms with Crippen molar-refractivity contribution >= 4 is 41.3 Å². The van der Waals surface area contributed by atoms with Gasteiger partial charge in [-0.2, -0.15) is 0 Å². The summed E-state index contributed by atoms with van der Waals surface area (Å²) in [5.41, 5.74) is 5.94. The number of primary amides is 1. The molecule has 1 aliphatic heterocycles. The first-order chi connectivity index (χ1) is 21.7. The van der Waals surface area contributed by atoms with Crippen LogP contribution in [-0.4, -0.2) is 70.4 Å². The zero-order chi connectivity index (χ0) is 33.6. The molecule has 5 N–H and O–H groups in total. The Kier molecular flexibility index (Phi) is 11.6. The number of amides is 5. The van der Waals surface area contributed by atoms with Gasteiger partial charge in [0.2, 0.25) is 17.6 Å². The van der Waals surface area contributed by atoms with Crippen LogP contribution in [0.2, 0.25) is 0 Å². The van der Waals surface area contributed by atoms with E-state index >= 15 is 0 Å². The molecular formula is C35H51N5O5S. The lowest BCUT2D eigenvalue weighted by Crippen LogP contribution is -2.62. The number of ketones is 1. The van der Waals surface area contributed by atoms with Crippen molar-refractivity contribution in [3.05, 3.63) is 41.5 Å². The van der Waals surface area contributed by atoms with Gasteiger partial charge in [0, 0.05) is 17.2 Å². The number of carbonyl (C=O) groups is 5. The Morgan fingerprint density at radius 2 is 1.65 bits per heavy atom. The molecule has 1 aromatic rings. The van der Waals surface area contributed by atoms with Gasteiger partial charge in [-0.05, 0) is 68.6 Å². The lowest BCUT2D eigenvalue weighted by Gasteiger charge is -2.40. The van der Waals surface area contributed by atoms with Gasteiger partial charge in [-0.1, -0.05) is 76.6 Å². The predicted molar refractivity (Wildman–Crippen MR) is 180 cm³/mol. The summed E-state index contributed by atoms with van der Waals surface area (Å²) in [5.74, 6) is -1.82. The summed E-state index contributed by atoms with van der Waals surface area (Å²) >= 11 is 1.72. The maximum atomic E-state index is 14.3. The van der Waals surface area contributed by atoms with Crippen molar-refractivity contribution in [1.29, 1.82) is 0 Å². The number of nitrogens with two attached hydrogens (primary N) is 1. The third-order valence-corrected chi connectivity index (χ3v) is 10.7. The third-order valence-electron chi connectivity index (χ3n) is 9.42. The van der Waals surface area contributed by atoms with E-state index < -0.39 is 52.7 Å². The molecule has 3 aliphatic rings. The molecule has 2 saturated carbocycles. The van der Waals surface area contributed by atoms with Crippen molar-refractivity contribution in [2.75, 3.05) is 12.3 Å². The van der Waals surface area contributed by atoms with E-state index in [1.807, 2.05) is 52.8 Å². The molecule has 1 unspecified atom stereocenters. The summed E-state index contributed by atoms with van der Waals surface area (Å²) in [6.07, 6.45) is 7.58. The van der Waals surface area contributed by atoms with Crippen LogP contribution in [0.15, 0.2) is 46.4 Å². The third kappa shape index (κ3) is 9.14. The highest BCUT2D eigenvalue weighted by molar-refractivity contribution is 7.99. The van der Waals surface area contributed by atoms with E-state index in [1.54, 1.807) is 11.8 Å². The number of carbonyl (C=O) groups excluding carboxylic acids is 5. The molecular weight excluding hydrogens is 602 g/mol. The molecule has 0 spiro atoms. The number of Topliss-reactive ketones (excluding diaryl/α,β-unsaturated/α-hetero) is 1. The van der Waals surface area contributed by atoms with Crippen LogP contribution >= 0.6 is 11.8 Å². The molecule has 0 aromatic heterocycles. The Hall–Kier alpha value is -3.34. The average Bonchev–Trinajstić information content (AvgIpc) is 3.71. The van der Waals surface area contributed by atoms with Crippen molar-refractivity contribution in [3.63, 3.8) is 0 Å². The minimum Gasteiger partial charge on any atom is -0.363 e. The van der Waals surface area contributed by atoms with Gasteiger partial charge < -0.3 is 26.6 Å². The highest BCUT2D eigenvalue weighted by Gasteiger charge is 2.46. The van der Waals surface area contributed by atoms with Gasteiger partial charge in [-0.25, -0.2) is 4.79 Å². The van der Waals surface area contributed by atoms with Crippen LogP contribution < -0.4 is 21.7 Å². The largest absolute Gasteiger partial charge is 0.363 e. The maximum absolute atomic E-state index is 14.3. The Balaban J connectivity index is 1.52. The molecule has 0 bridgehead atoms. The molecule has 3 atom stereocenters. The van der Waals surface area contributed by atoms with E-state index in [1.165, 1.54) is 4.90 Å². The van der Waals surface area contributed by atoms with Crippen LogP contribution in [-0.2, 0) is 19.2 Å². The lowest BCUT2D eigenvalue weighted by atomic mass is 9.83. The molecule has 252 valence electrons. The van der Waals surface area contributed by atoms with Gasteiger partial charge in [-0.15, -0.1) is 11.8 Å². The molecule has 1 saturated heterocycles. The van der Waals surface area contributed by atoms with Crippen LogP contribution in [0.3, 0.4) is 0 Å². The van der Waals surface area contributed by atoms with E-state index in [0.717, 1.165) is 66.7 Å². The molecule has 4 rings (SSSR count). The van der Waals surface area contributed by atoms with Crippen molar-refractivity contribution in [2.45, 2.75) is 121 Å². The van der Waals surface area contributed by atoms with Gasteiger partial charge >= 0.3 is 6.03 Å². The smallest absolute Gasteiger partial charge is 0.315 e. The van der Waals surface area contributed by atoms with Gasteiger partial charge in [0.1, 0.15) is 12.1 Å². The van der Waals surface area contributed by atoms with Crippen LogP contribution in [0.5, 0.6) is 0 Å². The first-order valence-corrected chi connectivity index (χ1v) is 17.6. The van der Waals surface area contributed by atoms with Crippen molar-refractivity contribution in [1.82, 2.24) is 20.9 Å². The molecule has 11 heteroatoms. The summed E-state index contributed by atoms with van der Waals surface area (Å²) in [6, 6.07) is 6.82. The zero-order valence-electron chi connectivity index (χ0n) is 27.9. The number of nitrogens with zero attached hydrogens (tertiary/aromatic N) is 1. The summed E-state index contributed by atoms with van der Waals surface area (Å²) in [4.78, 5) is 69.0. The van der Waals surface area contributed by atoms with Crippen molar-refractivity contribution < 1.29 is 24.0 Å². The molecule has 10 nitrogen and oxygen atoms in total. The van der Waals surface area contributed by atoms with E-state index in [-0.39, 0.29) is 11.8 Å². The SMILES string of the molecule is CC(C)=C1CCN(C(=O)[C@@H](NC(=O)NC2(CSc3ccccc3)CCCCC2)C(C)(C)C)[C@@H]1C(=O)NC(CC1CC1)C(=O)C(N)=O. The number of urea groups is 1. The Morgan fingerprint density at radius 3 is 2.22 bits per heavy atom. The van der Waals surface area contributed by atoms with Crippen molar-refractivity contribution in [3.8, 4) is 0 Å². The molecule has 0 radical (unpaired) electrons. The first kappa shape index (κ1) is 35.5. The van der Waals surface area contributed by atoms with E-state index in [2.05, 4.69) is 28.1 Å². The van der Waals surface area contributed by atoms with Crippen LogP contribution in [0.25, 0.3) is 0 Å². The second-order valence-corrected chi connectivity index (χ2v) is 15.6. The Labute approximate surface area is 277 Å². The van der Waals surface area contributed by atoms with E-state index in [4.69, 9.17) is 5.73 Å². The van der Waals surface area contributed by atoms with Gasteiger partial charge in [-0.3, -0.25) is 19.2 Å². The normalized spacial score (nSPS) is 20.8. The van der Waals surface area contributed by atoms with Gasteiger partial charge in [0.15, 0.2) is 0 Å². The molecule has 3 fully saturated rings. The Morgan fingerprint density at radius 1 is 1.00 bits per heavy atom. The molecule has 46 heavy (non-hydrogen) atoms. The molecule has 5 amide bonds. The zero-order valence-corrected chi connectivity index (χ0v) is 28.8. The topological polar surface area (TPSA) is 151 Å². The summed E-state index contributed by atoms with van der Waals surface area (Å²) < 4.78 is 0. The standard InChI is InChI=1S/C35H51N5O5S/c1-22(2)25-16-19-40(27(25)31(43)37-26(20-23-14-15-23)28(41)30(36)42)32(44)29(34(3,4)5)38-33(45)39-35(17-10-7-11-18-35)21-46-24-12-8-6-9-13-24/h6,8-9,12-13,23,26-27,29H,7,10-11,14-21H2,1-5H3,(H2,36,42)(H,37,43)(H2,38,39,45)/t26?,27-,29+/m0/s1. The van der Waals surface area contributed by atoms with Crippen molar-refractivity contribution in [2.24, 2.45) is 17.1 Å². The highest BCUT2D eigenvalue weighted by atomic mass is 32.2. The number of likely N-dealkylation sites (tertiary alicyclic amines) is 1. The molecule has 2 aliphatic carbocycles. The number of hydrogen-bond acceptors (Lipinski definition) is 6. The van der Waals surface area contributed by atoms with Gasteiger partial charge in [0.05, 0.1) is 11.6 Å². The molecule has 1 heterocycles. The maximum Gasteiger partial charge on any atom is 0.315 e. The minimum atomic E-state index is -1.09. The summed E-state index contributed by atoms with van der Waals surface area (Å²) in [5, 5.41) is 9.04. The van der Waals surface area contributed by atoms with E-state index in [0.29, 0.717) is 19.4 Å². The number of benzene rings is 1. The number of hydrogen-bond donors (Lipinski definition) is 4. The summed E-state index contributed by atoms with van der Waals surface area (Å²) in [6.45, 7) is 9.75. The van der Waals surface area contributed by atoms with Crippen LogP contribution in [0.1, 0.15) is 92.4 Å². The number of thioether (sulfide) groups is 1. The van der Waals surface area contributed by atoms with Gasteiger partial charge in [0.25, 0.3) is 5.91 Å². The van der Waals surface area contributed by atoms with E-state index in [9.17, 15) is 24.0 Å². The second-order valence-electron chi connectivity index (χ2n) is 14.5. The monoisotopic (exact) mass is 653 g/mol. The summed E-state index contributed by atoms with van der Waals surface area (Å²) in [7, 11) is 0. The van der Waals surface area contributed by atoms with Crippen LogP contribution in [0.4, 0.5) is 4.79 Å². The fourth-order valence-electron chi connectivity index (χ4n) is 6.59. The Bertz CT molecular complexity index is 1330. The lowest BCUT2D eigenvalue weighted by molar-refractivity contribution is -0.142. The fraction of sp³-hybridized carbons (Fsp3) is 0.629. The average molecular weight is 654 g/mol.